The largest absolute Gasteiger partial charge is 0.444 e. The maximum absolute atomic E-state index is 12.6. The number of aromatic nitrogens is 2. The van der Waals surface area contributed by atoms with E-state index in [9.17, 15) is 9.59 Å². The van der Waals surface area contributed by atoms with Crippen LogP contribution in [-0.4, -0.2) is 59.3 Å². The number of hydrogen-bond donors (Lipinski definition) is 2. The fourth-order valence-electron chi connectivity index (χ4n) is 5.23. The highest BCUT2D eigenvalue weighted by molar-refractivity contribution is 7.19. The number of aliphatic imine (C=N–C) groups is 1. The molecule has 0 unspecified atom stereocenters. The third-order valence-electron chi connectivity index (χ3n) is 7.04. The standard InChI is InChI=1S/C29H36N6O3S/c1-29(2,3)38-28(37)31-10-6-7-17-11-19-14-30-15-20(19)12-22(17)34-25-24-21-9-8-18(27(36)35(4)5)13-23(21)39-26(24)33-16-32-25/h11-12,15-16,18H,6-10,13-14H2,1-5H3,(H,31,37)(H,32,33,34)/t18-/m0/s1. The van der Waals surface area contributed by atoms with Gasteiger partial charge in [-0.3, -0.25) is 9.79 Å². The lowest BCUT2D eigenvalue weighted by atomic mass is 9.87. The maximum atomic E-state index is 12.6. The van der Waals surface area contributed by atoms with Crippen molar-refractivity contribution in [1.82, 2.24) is 20.2 Å². The summed E-state index contributed by atoms with van der Waals surface area (Å²) in [6, 6.07) is 4.35. The number of hydrogen-bond acceptors (Lipinski definition) is 8. The third kappa shape index (κ3) is 6.06. The van der Waals surface area contributed by atoms with Crippen LogP contribution in [0.15, 0.2) is 23.5 Å². The lowest BCUT2D eigenvalue weighted by Crippen LogP contribution is -2.33. The minimum Gasteiger partial charge on any atom is -0.444 e. The highest BCUT2D eigenvalue weighted by Gasteiger charge is 2.30. The van der Waals surface area contributed by atoms with Crippen molar-refractivity contribution in [3.05, 3.63) is 45.6 Å². The SMILES string of the molecule is CN(C)C(=O)[C@H]1CCc2c(sc3ncnc(Nc4cc5c(cc4CCCNC(=O)OC(C)(C)C)CN=C5)c23)C1. The van der Waals surface area contributed by atoms with E-state index in [0.717, 1.165) is 65.0 Å². The number of benzene rings is 1. The van der Waals surface area contributed by atoms with Crippen molar-refractivity contribution >= 4 is 51.3 Å². The molecule has 1 aliphatic carbocycles. The summed E-state index contributed by atoms with van der Waals surface area (Å²) < 4.78 is 5.35. The number of thiophene rings is 1. The van der Waals surface area contributed by atoms with Crippen LogP contribution >= 0.6 is 11.3 Å². The topological polar surface area (TPSA) is 109 Å². The number of nitrogens with one attached hydrogen (secondary N) is 2. The fourth-order valence-corrected chi connectivity index (χ4v) is 6.49. The number of carbonyl (C=O) groups excluding carboxylic acids is 2. The molecule has 2 amide bonds. The summed E-state index contributed by atoms with van der Waals surface area (Å²) in [5.74, 6) is 0.993. The lowest BCUT2D eigenvalue weighted by molar-refractivity contribution is -0.133. The molecule has 0 bridgehead atoms. The molecule has 0 radical (unpaired) electrons. The molecule has 10 heteroatoms. The Balaban J connectivity index is 1.37. The first-order valence-corrected chi connectivity index (χ1v) is 14.3. The van der Waals surface area contributed by atoms with Gasteiger partial charge in [0.2, 0.25) is 5.91 Å². The van der Waals surface area contributed by atoms with E-state index < -0.39 is 11.7 Å². The summed E-state index contributed by atoms with van der Waals surface area (Å²) in [4.78, 5) is 42.2. The number of alkyl carbamates (subject to hydrolysis) is 1. The minimum absolute atomic E-state index is 0.0156. The molecule has 0 spiro atoms. The zero-order valence-corrected chi connectivity index (χ0v) is 24.1. The van der Waals surface area contributed by atoms with Crippen molar-refractivity contribution < 1.29 is 14.3 Å². The monoisotopic (exact) mass is 548 g/mol. The summed E-state index contributed by atoms with van der Waals surface area (Å²) in [6.45, 7) is 6.76. The maximum Gasteiger partial charge on any atom is 0.407 e. The van der Waals surface area contributed by atoms with Gasteiger partial charge in [0.15, 0.2) is 0 Å². The number of rotatable bonds is 7. The Kier molecular flexibility index (Phi) is 7.57. The Hall–Kier alpha value is -3.53. The van der Waals surface area contributed by atoms with Gasteiger partial charge >= 0.3 is 6.09 Å². The summed E-state index contributed by atoms with van der Waals surface area (Å²) in [5, 5.41) is 7.53. The van der Waals surface area contributed by atoms with Gasteiger partial charge in [0.1, 0.15) is 22.6 Å². The minimum atomic E-state index is -0.520. The molecule has 0 fully saturated rings. The summed E-state index contributed by atoms with van der Waals surface area (Å²) in [7, 11) is 3.64. The van der Waals surface area contributed by atoms with Crippen LogP contribution in [0.1, 0.15) is 60.7 Å². The molecular formula is C29H36N6O3S. The van der Waals surface area contributed by atoms with E-state index in [0.29, 0.717) is 13.1 Å². The number of anilines is 2. The summed E-state index contributed by atoms with van der Waals surface area (Å²) in [6.07, 6.45) is 7.07. The predicted octanol–water partition coefficient (Wildman–Crippen LogP) is 5.02. The molecule has 9 nitrogen and oxygen atoms in total. The number of amides is 2. The van der Waals surface area contributed by atoms with Crippen LogP contribution < -0.4 is 10.6 Å². The molecule has 3 aromatic rings. The molecule has 2 N–H and O–H groups in total. The van der Waals surface area contributed by atoms with E-state index in [-0.39, 0.29) is 11.8 Å². The van der Waals surface area contributed by atoms with Gasteiger partial charge in [-0.25, -0.2) is 14.8 Å². The Bertz CT molecular complexity index is 1440. The number of aryl methyl sites for hydroxylation is 2. The zero-order chi connectivity index (χ0) is 27.7. The van der Waals surface area contributed by atoms with E-state index in [1.807, 2.05) is 41.1 Å². The van der Waals surface area contributed by atoms with Gasteiger partial charge in [-0.15, -0.1) is 11.3 Å². The molecule has 0 saturated carbocycles. The van der Waals surface area contributed by atoms with Gasteiger partial charge in [0.25, 0.3) is 0 Å². The number of ether oxygens (including phenoxy) is 1. The van der Waals surface area contributed by atoms with E-state index in [4.69, 9.17) is 4.74 Å². The number of fused-ring (bicyclic) bond motifs is 4. The first-order chi connectivity index (χ1) is 18.6. The molecule has 39 heavy (non-hydrogen) atoms. The molecular weight excluding hydrogens is 512 g/mol. The predicted molar refractivity (Wildman–Crippen MR) is 155 cm³/mol. The second-order valence-corrected chi connectivity index (χ2v) is 12.5. The molecule has 3 heterocycles. The normalized spacial score (nSPS) is 16.1. The van der Waals surface area contributed by atoms with Crippen LogP contribution in [-0.2, 0) is 35.3 Å². The van der Waals surface area contributed by atoms with Crippen molar-refractivity contribution in [2.75, 3.05) is 26.0 Å². The quantitative estimate of drug-likeness (QED) is 0.402. The van der Waals surface area contributed by atoms with Crippen molar-refractivity contribution in [2.45, 2.75) is 65.0 Å². The third-order valence-corrected chi connectivity index (χ3v) is 8.20. The van der Waals surface area contributed by atoms with Crippen LogP contribution in [0.25, 0.3) is 10.2 Å². The van der Waals surface area contributed by atoms with Crippen LogP contribution in [0.3, 0.4) is 0 Å². The molecule has 0 saturated heterocycles. The molecule has 1 aliphatic heterocycles. The summed E-state index contributed by atoms with van der Waals surface area (Å²) in [5.41, 5.74) is 5.18. The zero-order valence-electron chi connectivity index (χ0n) is 23.3. The van der Waals surface area contributed by atoms with Crippen LogP contribution in [0.2, 0.25) is 0 Å². The number of carbonyl (C=O) groups is 2. The van der Waals surface area contributed by atoms with Crippen LogP contribution in [0.5, 0.6) is 0 Å². The summed E-state index contributed by atoms with van der Waals surface area (Å²) >= 11 is 1.67. The Morgan fingerprint density at radius 1 is 1.21 bits per heavy atom. The number of nitrogens with zero attached hydrogens (tertiary/aromatic N) is 4. The van der Waals surface area contributed by atoms with E-state index in [2.05, 4.69) is 37.7 Å². The van der Waals surface area contributed by atoms with E-state index in [1.165, 1.54) is 16.0 Å². The Morgan fingerprint density at radius 3 is 2.79 bits per heavy atom. The van der Waals surface area contributed by atoms with E-state index in [1.54, 1.807) is 22.6 Å². The average Bonchev–Trinajstić information content (AvgIpc) is 3.48. The highest BCUT2D eigenvalue weighted by Crippen LogP contribution is 2.41. The smallest absolute Gasteiger partial charge is 0.407 e. The highest BCUT2D eigenvalue weighted by atomic mass is 32.1. The second kappa shape index (κ2) is 10.9. The van der Waals surface area contributed by atoms with Crippen molar-refractivity contribution in [3.8, 4) is 0 Å². The van der Waals surface area contributed by atoms with Crippen molar-refractivity contribution in [3.63, 3.8) is 0 Å². The molecule has 5 rings (SSSR count). The first-order valence-electron chi connectivity index (χ1n) is 13.4. The van der Waals surface area contributed by atoms with E-state index >= 15 is 0 Å². The van der Waals surface area contributed by atoms with Crippen LogP contribution in [0.4, 0.5) is 16.3 Å². The van der Waals surface area contributed by atoms with Gasteiger partial charge in [-0.05, 0) is 81.2 Å². The van der Waals surface area contributed by atoms with Crippen molar-refractivity contribution in [1.29, 1.82) is 0 Å². The Morgan fingerprint density at radius 2 is 2.03 bits per heavy atom. The lowest BCUT2D eigenvalue weighted by Gasteiger charge is -2.24. The first kappa shape index (κ1) is 27.1. The van der Waals surface area contributed by atoms with Crippen molar-refractivity contribution in [2.24, 2.45) is 10.9 Å². The second-order valence-electron chi connectivity index (χ2n) is 11.4. The molecule has 2 aliphatic rings. The average molecular weight is 549 g/mol. The van der Waals surface area contributed by atoms with Gasteiger partial charge in [0, 0.05) is 43.3 Å². The van der Waals surface area contributed by atoms with Gasteiger partial charge in [0.05, 0.1) is 11.9 Å². The fraction of sp³-hybridized carbons (Fsp3) is 0.483. The molecule has 1 aromatic carbocycles. The van der Waals surface area contributed by atoms with Crippen LogP contribution in [0, 0.1) is 5.92 Å². The van der Waals surface area contributed by atoms with Gasteiger partial charge < -0.3 is 20.3 Å². The van der Waals surface area contributed by atoms with Gasteiger partial charge in [-0.2, -0.15) is 0 Å². The molecule has 206 valence electrons. The Labute approximate surface area is 233 Å². The molecule has 2 aromatic heterocycles. The molecule has 1 atom stereocenters. The van der Waals surface area contributed by atoms with Gasteiger partial charge in [-0.1, -0.05) is 6.07 Å².